The van der Waals surface area contributed by atoms with Gasteiger partial charge in [-0.2, -0.15) is 0 Å². The summed E-state index contributed by atoms with van der Waals surface area (Å²) in [6, 6.07) is 53.3. The van der Waals surface area contributed by atoms with Crippen LogP contribution in [0.4, 0.5) is 25.2 Å². The van der Waals surface area contributed by atoms with Crippen molar-refractivity contribution in [1.29, 1.82) is 0 Å². The van der Waals surface area contributed by atoms with Gasteiger partial charge in [0.2, 0.25) is 0 Å². The Kier molecular flexibility index (Phi) is 12.9. The molecule has 6 aromatic rings. The molecular weight excluding hydrogens is 884 g/mol. The number of hydrogen-bond acceptors (Lipinski definition) is 4. The quantitative estimate of drug-likeness (QED) is 0.0691. The fourth-order valence-electron chi connectivity index (χ4n) is 8.51. The van der Waals surface area contributed by atoms with E-state index >= 15 is 0 Å². The zero-order valence-corrected chi connectivity index (χ0v) is 36.3. The summed E-state index contributed by atoms with van der Waals surface area (Å²) in [4.78, 5) is 29.0. The molecule has 3 aliphatic rings. The van der Waals surface area contributed by atoms with Gasteiger partial charge in [-0.1, -0.05) is 171 Å². The average molecular weight is 927 g/mol. The number of rotatable bonds is 8. The summed E-state index contributed by atoms with van der Waals surface area (Å²) in [7, 11) is -10.7. The van der Waals surface area contributed by atoms with Crippen LogP contribution in [0.5, 0.6) is 0 Å². The van der Waals surface area contributed by atoms with Gasteiger partial charge in [0.25, 0.3) is 0 Å². The molecule has 0 heterocycles. The van der Waals surface area contributed by atoms with Crippen molar-refractivity contribution in [2.24, 2.45) is 0 Å². The van der Waals surface area contributed by atoms with Crippen LogP contribution in [0.15, 0.2) is 181 Å². The number of fused-ring (bicyclic) bond motifs is 2. The van der Waals surface area contributed by atoms with Gasteiger partial charge in [0, 0.05) is 63.8 Å². The van der Waals surface area contributed by atoms with Gasteiger partial charge in [-0.05, 0) is 79.2 Å². The summed E-state index contributed by atoms with van der Waals surface area (Å²) in [5, 5.41) is 11.3. The van der Waals surface area contributed by atoms with Gasteiger partial charge in [-0.25, -0.2) is 0 Å². The molecule has 327 valence electrons. The van der Waals surface area contributed by atoms with Crippen LogP contribution in [-0.4, -0.2) is 23.7 Å². The maximum atomic E-state index is 14.5. The van der Waals surface area contributed by atoms with Crippen LogP contribution in [-0.2, 0) is 26.7 Å². The molecule has 1 fully saturated rings. The topological polar surface area (TPSA) is 58.2 Å². The Morgan fingerprint density at radius 3 is 1.12 bits per heavy atom. The van der Waals surface area contributed by atoms with E-state index in [9.17, 15) is 34.8 Å². The Balaban J connectivity index is 0.000000709. The van der Waals surface area contributed by atoms with Gasteiger partial charge in [0.15, 0.2) is 11.6 Å². The Labute approximate surface area is 376 Å². The minimum Gasteiger partial charge on any atom is -0.386 e. The van der Waals surface area contributed by atoms with E-state index in [1.165, 1.54) is 0 Å². The first kappa shape index (κ1) is 45.8. The van der Waals surface area contributed by atoms with Crippen LogP contribution in [0.2, 0.25) is 0 Å². The fourth-order valence-corrected chi connectivity index (χ4v) is 8.51. The van der Waals surface area contributed by atoms with Gasteiger partial charge in [0.05, 0.1) is 0 Å². The van der Waals surface area contributed by atoms with E-state index < -0.39 is 7.81 Å². The van der Waals surface area contributed by atoms with Crippen LogP contribution in [0, 0.1) is 0 Å². The molecule has 0 unspecified atom stereocenters. The Morgan fingerprint density at radius 1 is 0.438 bits per heavy atom. The van der Waals surface area contributed by atoms with E-state index in [1.807, 2.05) is 122 Å². The van der Waals surface area contributed by atoms with Crippen LogP contribution < -0.4 is 31.5 Å². The van der Waals surface area contributed by atoms with Gasteiger partial charge >= 0.3 is 33.0 Å². The number of benzene rings is 6. The minimum absolute atomic E-state index is 0. The molecule has 0 aromatic heterocycles. The second-order valence-electron chi connectivity index (χ2n) is 15.7. The zero-order valence-electron chi connectivity index (χ0n) is 34.2. The fraction of sp³-hybridized carbons (Fsp3) is 0.115. The van der Waals surface area contributed by atoms with Crippen molar-refractivity contribution in [3.05, 3.63) is 213 Å². The molecule has 1 saturated carbocycles. The number of Topliss-reactive ketones (excluding diaryl/α,β-unsaturated/α-hetero) is 2. The molecule has 6 aromatic carbocycles. The maximum Gasteiger partial charge on any atom is 0.195 e. The molecular formula is C52H42F6MnN2O2P-. The Hall–Kier alpha value is -6.25. The molecule has 64 heavy (non-hydrogen) atoms. The smallest absolute Gasteiger partial charge is 0.195 e. The third-order valence-electron chi connectivity index (χ3n) is 11.3. The second-order valence-corrected chi connectivity index (χ2v) is 17.6. The van der Waals surface area contributed by atoms with E-state index in [4.69, 9.17) is 0 Å². The monoisotopic (exact) mass is 926 g/mol. The van der Waals surface area contributed by atoms with Gasteiger partial charge in [-0.15, -0.1) is 0 Å². The number of halogens is 6. The van der Waals surface area contributed by atoms with E-state index in [0.29, 0.717) is 22.3 Å². The molecule has 0 saturated heterocycles. The van der Waals surface area contributed by atoms with Crippen molar-refractivity contribution < 1.29 is 51.8 Å². The molecule has 2 N–H and O–H groups in total. The molecule has 9 rings (SSSR count). The van der Waals surface area contributed by atoms with Gasteiger partial charge in [-0.3, -0.25) is 9.59 Å². The van der Waals surface area contributed by atoms with Crippen LogP contribution >= 0.6 is 7.81 Å². The number of carbonyl (C=O) groups excluding carboxylic acids is 2. The largest absolute Gasteiger partial charge is 0.386 e. The average Bonchev–Trinajstić information content (AvgIpc) is 3.27. The number of carbonyl (C=O) groups is 2. The van der Waals surface area contributed by atoms with Crippen molar-refractivity contribution in [2.75, 3.05) is 0 Å². The standard InChI is InChI=1S/C52H42N2O2.F6P.Mn/c55-51-39(31-37-21-7-9-25-43(37)49(51)45-27-13-11-23-41(45)35-17-3-1-4-18-35)33-53-47-29-15-16-30-48(47)54-34-40-32-38-22-8-10-26-44(38)50(52(40)56)46-28-14-12-24-42(46)36-19-5-2-6-20-36;1-7(2,3,4,5)6;/h1-14,17-28,31-34,47-48,53-54H,15-16,29-30H2;;/q;-1;/b39-33-,40-34-;;/t47-,48-;;/m0../s1. The first-order valence-electron chi connectivity index (χ1n) is 20.6. The predicted octanol–water partition coefficient (Wildman–Crippen LogP) is 10.5. The summed E-state index contributed by atoms with van der Waals surface area (Å²) < 4.78 is 59.2. The van der Waals surface area contributed by atoms with Crippen LogP contribution in [0.1, 0.15) is 36.8 Å². The number of nitrogens with one attached hydrogen (secondary N) is 2. The summed E-state index contributed by atoms with van der Waals surface area (Å²) in [6.07, 6.45) is 11.9. The zero-order chi connectivity index (χ0) is 44.3. The Morgan fingerprint density at radius 2 is 0.750 bits per heavy atom. The molecule has 0 spiro atoms. The predicted molar refractivity (Wildman–Crippen MR) is 241 cm³/mol. The first-order valence-corrected chi connectivity index (χ1v) is 22.6. The third-order valence-corrected chi connectivity index (χ3v) is 11.3. The van der Waals surface area contributed by atoms with E-state index in [1.54, 1.807) is 0 Å². The molecule has 0 aliphatic heterocycles. The number of allylic oxidation sites excluding steroid dienone is 2. The molecule has 0 amide bonds. The van der Waals surface area contributed by atoms with Crippen molar-refractivity contribution in [3.63, 3.8) is 0 Å². The van der Waals surface area contributed by atoms with Gasteiger partial charge in [0.1, 0.15) is 0 Å². The molecule has 3 aliphatic carbocycles. The van der Waals surface area contributed by atoms with E-state index in [0.717, 1.165) is 79.9 Å². The van der Waals surface area contributed by atoms with Gasteiger partial charge < -0.3 is 10.6 Å². The van der Waals surface area contributed by atoms with Crippen molar-refractivity contribution in [2.45, 2.75) is 37.8 Å². The molecule has 1 radical (unpaired) electrons. The van der Waals surface area contributed by atoms with Crippen molar-refractivity contribution in [3.8, 4) is 22.3 Å². The summed E-state index contributed by atoms with van der Waals surface area (Å²) in [5.41, 5.74) is 8.76. The second kappa shape index (κ2) is 18.1. The summed E-state index contributed by atoms with van der Waals surface area (Å²) in [5.74, 6) is 0.00359. The third kappa shape index (κ3) is 11.1. The van der Waals surface area contributed by atoms with Crippen molar-refractivity contribution >= 4 is 42.7 Å². The minimum atomic E-state index is -10.7. The SMILES string of the molecule is F[P-](F)(F)(F)(F)F.O=C1C(c2ccccc2-c2ccccc2)=c2ccccc2=C/C1=C/N[C@H]1CCCC[C@@H]1N/C=C1/C=c2ccccc2=C(c2ccccc2-c2ccccc2)C1=O.[Mn]. The molecule has 4 nitrogen and oxygen atoms in total. The Bertz CT molecular complexity index is 2860. The molecule has 0 bridgehead atoms. The van der Waals surface area contributed by atoms with Crippen LogP contribution in [0.3, 0.4) is 0 Å². The first-order chi connectivity index (χ1) is 30.1. The molecule has 2 atom stereocenters. The maximum absolute atomic E-state index is 14.5. The summed E-state index contributed by atoms with van der Waals surface area (Å²) >= 11 is 0. The normalized spacial score (nSPS) is 19.3. The number of ketones is 2. The van der Waals surface area contributed by atoms with E-state index in [-0.39, 0.29) is 40.7 Å². The van der Waals surface area contributed by atoms with Crippen molar-refractivity contribution in [1.82, 2.24) is 10.6 Å². The van der Waals surface area contributed by atoms with Crippen LogP contribution in [0.25, 0.3) is 45.6 Å². The van der Waals surface area contributed by atoms with E-state index in [2.05, 4.69) is 71.3 Å². The molecule has 12 heteroatoms. The number of hydrogen-bond donors (Lipinski definition) is 2. The summed E-state index contributed by atoms with van der Waals surface area (Å²) in [6.45, 7) is 0.